The Morgan fingerprint density at radius 1 is 1.27 bits per heavy atom. The van der Waals surface area contributed by atoms with Crippen molar-refractivity contribution in [3.05, 3.63) is 67.9 Å². The number of ether oxygens (including phenoxy) is 1. The molecule has 12 heteroatoms. The number of aromatic amines is 1. The minimum Gasteiger partial charge on any atom is -0.452 e. The molecule has 5 rings (SSSR count). The zero-order chi connectivity index (χ0) is 29.5. The lowest BCUT2D eigenvalue weighted by atomic mass is 9.68. The zero-order valence-corrected chi connectivity index (χ0v) is 24.4. The van der Waals surface area contributed by atoms with Gasteiger partial charge >= 0.3 is 5.92 Å². The quantitative estimate of drug-likeness (QED) is 0.233. The van der Waals surface area contributed by atoms with Gasteiger partial charge < -0.3 is 19.0 Å². The van der Waals surface area contributed by atoms with Crippen LogP contribution in [-0.4, -0.2) is 52.1 Å². The Kier molecular flexibility index (Phi) is 8.11. The molecule has 1 fully saturated rings. The van der Waals surface area contributed by atoms with E-state index in [1.165, 1.54) is 6.20 Å². The van der Waals surface area contributed by atoms with E-state index >= 15 is 8.78 Å². The minimum atomic E-state index is -3.30. The molecule has 0 aliphatic carbocycles. The standard InChI is InChI=1S/C29H30Cl2F2N4O4/c1-16-14-37(9-8-28(16,3)21-11-19(31)13-34-26(21)39)23(38)15-40-10-4-7-29(32,33)27-35-17(2)25-24(36-27)20-6-5-18(30)12-22(20)41-25/h5-6,11-13,16H,4,7-10,14-15H2,1-3H3,(H,34,39)/t16?,28-/m0/s1. The lowest BCUT2D eigenvalue weighted by molar-refractivity contribution is -0.139. The molecule has 2 atom stereocenters. The molecule has 3 aromatic heterocycles. The highest BCUT2D eigenvalue weighted by atomic mass is 35.5. The Labute approximate surface area is 245 Å². The van der Waals surface area contributed by atoms with Gasteiger partial charge in [-0.05, 0) is 43.9 Å². The van der Waals surface area contributed by atoms with E-state index < -0.39 is 23.6 Å². The first-order chi connectivity index (χ1) is 19.4. The summed E-state index contributed by atoms with van der Waals surface area (Å²) in [5.41, 5.74) is 1.39. The molecule has 0 saturated carbocycles. The van der Waals surface area contributed by atoms with Crippen LogP contribution in [0.2, 0.25) is 10.0 Å². The Morgan fingerprint density at radius 2 is 2.05 bits per heavy atom. The predicted molar refractivity (Wildman–Crippen MR) is 153 cm³/mol. The third kappa shape index (κ3) is 5.82. The normalized spacial score (nSPS) is 19.8. The van der Waals surface area contributed by atoms with E-state index in [0.717, 1.165) is 0 Å². The molecule has 218 valence electrons. The third-order valence-electron chi connectivity index (χ3n) is 8.10. The van der Waals surface area contributed by atoms with E-state index in [1.54, 1.807) is 36.1 Å². The maximum Gasteiger partial charge on any atom is 0.306 e. The van der Waals surface area contributed by atoms with Crippen LogP contribution in [-0.2, 0) is 20.9 Å². The number of likely N-dealkylation sites (tertiary alicyclic amines) is 1. The number of alkyl halides is 2. The fraction of sp³-hybridized carbons (Fsp3) is 0.448. The number of hydrogen-bond acceptors (Lipinski definition) is 6. The van der Waals surface area contributed by atoms with Gasteiger partial charge in [-0.3, -0.25) is 9.59 Å². The predicted octanol–water partition coefficient (Wildman–Crippen LogP) is 6.39. The van der Waals surface area contributed by atoms with Gasteiger partial charge in [0.15, 0.2) is 11.4 Å². The highest BCUT2D eigenvalue weighted by molar-refractivity contribution is 6.31. The summed E-state index contributed by atoms with van der Waals surface area (Å²) in [5.74, 6) is -4.11. The van der Waals surface area contributed by atoms with Crippen LogP contribution in [0.1, 0.15) is 50.2 Å². The second-order valence-electron chi connectivity index (χ2n) is 10.9. The molecule has 1 aliphatic heterocycles. The van der Waals surface area contributed by atoms with Gasteiger partial charge in [0.25, 0.3) is 5.56 Å². The van der Waals surface area contributed by atoms with Crippen LogP contribution in [0.25, 0.3) is 22.1 Å². The summed E-state index contributed by atoms with van der Waals surface area (Å²) < 4.78 is 41.4. The smallest absolute Gasteiger partial charge is 0.306 e. The SMILES string of the molecule is Cc1nc(C(F)(F)CCCOCC(=O)N2CC[C@](C)(c3cc(Cl)c[nH]c3=O)C(C)C2)nc2c1oc1cc(Cl)ccc12. The lowest BCUT2D eigenvalue weighted by Gasteiger charge is -2.44. The summed E-state index contributed by atoms with van der Waals surface area (Å²) >= 11 is 12.1. The maximum atomic E-state index is 15.1. The summed E-state index contributed by atoms with van der Waals surface area (Å²) in [7, 11) is 0. The number of halogens is 4. The van der Waals surface area contributed by atoms with E-state index in [2.05, 4.69) is 15.0 Å². The Hall–Kier alpha value is -3.08. The molecule has 1 aromatic carbocycles. The Bertz CT molecular complexity index is 1670. The first-order valence-electron chi connectivity index (χ1n) is 13.4. The molecule has 1 N–H and O–H groups in total. The van der Waals surface area contributed by atoms with E-state index in [0.29, 0.717) is 62.9 Å². The number of carbonyl (C=O) groups excluding carboxylic acids is 1. The number of amides is 1. The van der Waals surface area contributed by atoms with Crippen molar-refractivity contribution in [3.8, 4) is 0 Å². The second-order valence-corrected chi connectivity index (χ2v) is 11.8. The summed E-state index contributed by atoms with van der Waals surface area (Å²) in [6, 6.07) is 6.63. The number of benzene rings is 1. The molecule has 41 heavy (non-hydrogen) atoms. The number of H-pyrrole nitrogens is 1. The number of aryl methyl sites for hydroxylation is 1. The number of piperidine rings is 1. The number of aromatic nitrogens is 3. The van der Waals surface area contributed by atoms with Crippen LogP contribution >= 0.6 is 23.2 Å². The van der Waals surface area contributed by atoms with Crippen LogP contribution in [0.3, 0.4) is 0 Å². The fourth-order valence-corrected chi connectivity index (χ4v) is 5.75. The molecular formula is C29H30Cl2F2N4O4. The Balaban J connectivity index is 1.14. The van der Waals surface area contributed by atoms with E-state index in [9.17, 15) is 9.59 Å². The molecule has 8 nitrogen and oxygen atoms in total. The number of rotatable bonds is 8. The third-order valence-corrected chi connectivity index (χ3v) is 8.55. The van der Waals surface area contributed by atoms with Gasteiger partial charge in [0.05, 0.1) is 10.7 Å². The number of nitrogens with one attached hydrogen (secondary N) is 1. The van der Waals surface area contributed by atoms with Crippen molar-refractivity contribution in [3.63, 3.8) is 0 Å². The lowest BCUT2D eigenvalue weighted by Crippen LogP contribution is -2.51. The van der Waals surface area contributed by atoms with Crippen LogP contribution < -0.4 is 5.56 Å². The molecule has 1 unspecified atom stereocenters. The van der Waals surface area contributed by atoms with E-state index in [-0.39, 0.29) is 37.0 Å². The zero-order valence-electron chi connectivity index (χ0n) is 22.9. The molecule has 1 aliphatic rings. The number of pyridine rings is 1. The maximum absolute atomic E-state index is 15.1. The molecule has 0 radical (unpaired) electrons. The van der Waals surface area contributed by atoms with Crippen molar-refractivity contribution >= 4 is 51.2 Å². The highest BCUT2D eigenvalue weighted by Gasteiger charge is 2.41. The van der Waals surface area contributed by atoms with Gasteiger partial charge in [0.2, 0.25) is 5.91 Å². The van der Waals surface area contributed by atoms with Crippen LogP contribution in [0.5, 0.6) is 0 Å². The number of carbonyl (C=O) groups is 1. The van der Waals surface area contributed by atoms with Gasteiger partial charge in [-0.1, -0.05) is 37.0 Å². The average molecular weight is 607 g/mol. The van der Waals surface area contributed by atoms with Crippen molar-refractivity contribution in [2.24, 2.45) is 5.92 Å². The fourth-order valence-electron chi connectivity index (χ4n) is 5.42. The van der Waals surface area contributed by atoms with Crippen molar-refractivity contribution in [2.75, 3.05) is 26.3 Å². The van der Waals surface area contributed by atoms with Gasteiger partial charge in [-0.15, -0.1) is 0 Å². The van der Waals surface area contributed by atoms with Crippen LogP contribution in [0, 0.1) is 12.8 Å². The first-order valence-corrected chi connectivity index (χ1v) is 14.1. The Morgan fingerprint density at radius 3 is 2.80 bits per heavy atom. The summed E-state index contributed by atoms with van der Waals surface area (Å²) in [5, 5.41) is 1.50. The van der Waals surface area contributed by atoms with E-state index in [4.69, 9.17) is 32.4 Å². The number of nitrogens with zero attached hydrogens (tertiary/aromatic N) is 3. The van der Waals surface area contributed by atoms with Gasteiger partial charge in [0, 0.05) is 59.8 Å². The van der Waals surface area contributed by atoms with Gasteiger partial charge in [-0.2, -0.15) is 8.78 Å². The summed E-state index contributed by atoms with van der Waals surface area (Å²) in [6.07, 6.45) is 1.51. The van der Waals surface area contributed by atoms with Crippen molar-refractivity contribution < 1.29 is 22.7 Å². The van der Waals surface area contributed by atoms with Gasteiger partial charge in [0.1, 0.15) is 17.7 Å². The topological polar surface area (TPSA) is 101 Å². The van der Waals surface area contributed by atoms with E-state index in [1.807, 2.05) is 13.8 Å². The molecule has 4 aromatic rings. The number of furan rings is 1. The number of hydrogen-bond donors (Lipinski definition) is 1. The van der Waals surface area contributed by atoms with Gasteiger partial charge in [-0.25, -0.2) is 9.97 Å². The summed E-state index contributed by atoms with van der Waals surface area (Å²) in [6.45, 7) is 6.25. The molecule has 1 saturated heterocycles. The monoisotopic (exact) mass is 606 g/mol. The van der Waals surface area contributed by atoms with Crippen molar-refractivity contribution in [2.45, 2.75) is 51.4 Å². The molecule has 1 amide bonds. The van der Waals surface area contributed by atoms with Crippen LogP contribution in [0.4, 0.5) is 8.78 Å². The molecular weight excluding hydrogens is 577 g/mol. The van der Waals surface area contributed by atoms with Crippen LogP contribution in [0.15, 0.2) is 39.7 Å². The molecule has 4 heterocycles. The van der Waals surface area contributed by atoms with Crippen molar-refractivity contribution in [1.29, 1.82) is 0 Å². The average Bonchev–Trinajstić information content (AvgIpc) is 3.29. The number of fused-ring (bicyclic) bond motifs is 3. The molecule has 0 bridgehead atoms. The first kappa shape index (κ1) is 29.4. The highest BCUT2D eigenvalue weighted by Crippen LogP contribution is 2.39. The molecule has 0 spiro atoms. The van der Waals surface area contributed by atoms with Crippen molar-refractivity contribution in [1.82, 2.24) is 19.9 Å². The largest absolute Gasteiger partial charge is 0.452 e. The summed E-state index contributed by atoms with van der Waals surface area (Å²) in [4.78, 5) is 37.7. The second kappa shape index (κ2) is 11.3. The minimum absolute atomic E-state index is 0.00842.